The molecule has 108 valence electrons. The Hall–Kier alpha value is -1.75. The van der Waals surface area contributed by atoms with Crippen LogP contribution in [0.2, 0.25) is 0 Å². The van der Waals surface area contributed by atoms with Gasteiger partial charge in [0.2, 0.25) is 0 Å². The Kier molecular flexibility index (Phi) is 3.53. The predicted molar refractivity (Wildman–Crippen MR) is 80.5 cm³/mol. The van der Waals surface area contributed by atoms with Gasteiger partial charge in [0, 0.05) is 33.2 Å². The zero-order chi connectivity index (χ0) is 14.1. The summed E-state index contributed by atoms with van der Waals surface area (Å²) in [6.45, 7) is 6.00. The highest BCUT2D eigenvalue weighted by Crippen LogP contribution is 2.29. The fourth-order valence-corrected chi connectivity index (χ4v) is 2.84. The van der Waals surface area contributed by atoms with E-state index in [1.165, 1.54) is 5.56 Å². The number of hydrogen-bond donors (Lipinski definition) is 1. The van der Waals surface area contributed by atoms with Crippen molar-refractivity contribution in [2.75, 3.05) is 31.1 Å². The van der Waals surface area contributed by atoms with Crippen LogP contribution in [0.3, 0.4) is 0 Å². The Bertz CT molecular complexity index is 666. The molecule has 1 saturated heterocycles. The molecule has 0 amide bonds. The minimum Gasteiger partial charge on any atom is -0.405 e. The van der Waals surface area contributed by atoms with Crippen LogP contribution in [0.4, 0.5) is 5.69 Å². The molecule has 0 radical (unpaired) electrons. The average molecular weight is 275 g/mol. The SMILES string of the molecule is CCCc1cc(N2CCNCC2)c2oc(=O)n(C)c2c1. The molecule has 1 aliphatic rings. The smallest absolute Gasteiger partial charge is 0.405 e. The first-order valence-corrected chi connectivity index (χ1v) is 7.29. The van der Waals surface area contributed by atoms with Crippen LogP contribution in [0.5, 0.6) is 0 Å². The number of fused-ring (bicyclic) bond motifs is 1. The number of hydrogen-bond acceptors (Lipinski definition) is 4. The van der Waals surface area contributed by atoms with E-state index in [1.54, 1.807) is 11.6 Å². The van der Waals surface area contributed by atoms with Gasteiger partial charge in [0.15, 0.2) is 5.58 Å². The molecule has 0 unspecified atom stereocenters. The standard InChI is InChI=1S/C15H21N3O2/c1-3-4-11-9-12-14(20-15(19)17(12)2)13(10-11)18-7-5-16-6-8-18/h9-10,16H,3-8H2,1-2H3. The Morgan fingerprint density at radius 3 is 2.75 bits per heavy atom. The van der Waals surface area contributed by atoms with Crippen LogP contribution < -0.4 is 16.0 Å². The third-order valence-electron chi connectivity index (χ3n) is 3.93. The summed E-state index contributed by atoms with van der Waals surface area (Å²) < 4.78 is 7.06. The van der Waals surface area contributed by atoms with Crippen molar-refractivity contribution < 1.29 is 4.42 Å². The first-order valence-electron chi connectivity index (χ1n) is 7.29. The van der Waals surface area contributed by atoms with Gasteiger partial charge in [-0.15, -0.1) is 0 Å². The van der Waals surface area contributed by atoms with E-state index in [-0.39, 0.29) is 5.76 Å². The molecule has 1 fully saturated rings. The molecule has 2 aromatic rings. The van der Waals surface area contributed by atoms with E-state index in [0.29, 0.717) is 0 Å². The van der Waals surface area contributed by atoms with E-state index >= 15 is 0 Å². The second-order valence-electron chi connectivity index (χ2n) is 5.38. The van der Waals surface area contributed by atoms with Crippen LogP contribution >= 0.6 is 0 Å². The first kappa shape index (κ1) is 13.2. The third-order valence-corrected chi connectivity index (χ3v) is 3.93. The molecular formula is C15H21N3O2. The van der Waals surface area contributed by atoms with Crippen molar-refractivity contribution in [2.45, 2.75) is 19.8 Å². The zero-order valence-electron chi connectivity index (χ0n) is 12.1. The van der Waals surface area contributed by atoms with Gasteiger partial charge in [0.1, 0.15) is 0 Å². The first-order chi connectivity index (χ1) is 9.70. The quantitative estimate of drug-likeness (QED) is 0.922. The molecular weight excluding hydrogens is 254 g/mol. The largest absolute Gasteiger partial charge is 0.419 e. The van der Waals surface area contributed by atoms with Crippen LogP contribution in [-0.2, 0) is 13.5 Å². The number of nitrogens with zero attached hydrogens (tertiary/aromatic N) is 2. The number of piperazine rings is 1. The lowest BCUT2D eigenvalue weighted by atomic mass is 10.1. The highest BCUT2D eigenvalue weighted by Gasteiger charge is 2.18. The lowest BCUT2D eigenvalue weighted by molar-refractivity contribution is 0.524. The summed E-state index contributed by atoms with van der Waals surface area (Å²) in [5, 5.41) is 3.35. The number of anilines is 1. The number of oxazole rings is 1. The number of rotatable bonds is 3. The van der Waals surface area contributed by atoms with Gasteiger partial charge in [-0.2, -0.15) is 0 Å². The molecule has 1 aromatic heterocycles. The second kappa shape index (κ2) is 5.32. The van der Waals surface area contributed by atoms with Crippen LogP contribution in [0, 0.1) is 0 Å². The van der Waals surface area contributed by atoms with Gasteiger partial charge in [-0.3, -0.25) is 4.57 Å². The second-order valence-corrected chi connectivity index (χ2v) is 5.38. The van der Waals surface area contributed by atoms with Gasteiger partial charge >= 0.3 is 5.76 Å². The monoisotopic (exact) mass is 275 g/mol. The summed E-state index contributed by atoms with van der Waals surface area (Å²) in [5.41, 5.74) is 3.95. The fourth-order valence-electron chi connectivity index (χ4n) is 2.84. The van der Waals surface area contributed by atoms with Crippen molar-refractivity contribution in [1.29, 1.82) is 0 Å². The molecule has 0 bridgehead atoms. The third kappa shape index (κ3) is 2.22. The van der Waals surface area contributed by atoms with Crippen molar-refractivity contribution in [3.63, 3.8) is 0 Å². The van der Waals surface area contributed by atoms with Gasteiger partial charge in [-0.05, 0) is 24.1 Å². The number of aromatic nitrogens is 1. The van der Waals surface area contributed by atoms with Gasteiger partial charge in [-0.25, -0.2) is 4.79 Å². The average Bonchev–Trinajstić information content (AvgIpc) is 2.76. The maximum atomic E-state index is 11.8. The molecule has 5 nitrogen and oxygen atoms in total. The lowest BCUT2D eigenvalue weighted by Gasteiger charge is -2.29. The zero-order valence-corrected chi connectivity index (χ0v) is 12.1. The molecule has 20 heavy (non-hydrogen) atoms. The highest BCUT2D eigenvalue weighted by molar-refractivity contribution is 5.88. The van der Waals surface area contributed by atoms with E-state index in [2.05, 4.69) is 29.3 Å². The molecule has 1 N–H and O–H groups in total. The van der Waals surface area contributed by atoms with Gasteiger partial charge in [0.05, 0.1) is 11.2 Å². The summed E-state index contributed by atoms with van der Waals surface area (Å²) >= 11 is 0. The number of aryl methyl sites for hydroxylation is 2. The van der Waals surface area contributed by atoms with E-state index in [9.17, 15) is 4.79 Å². The predicted octanol–water partition coefficient (Wildman–Crippen LogP) is 1.49. The summed E-state index contributed by atoms with van der Waals surface area (Å²) in [6.07, 6.45) is 2.12. The van der Waals surface area contributed by atoms with Crippen LogP contribution in [-0.4, -0.2) is 30.7 Å². The minimum atomic E-state index is -0.287. The molecule has 0 atom stereocenters. The van der Waals surface area contributed by atoms with Gasteiger partial charge < -0.3 is 14.6 Å². The molecule has 0 saturated carbocycles. The lowest BCUT2D eigenvalue weighted by Crippen LogP contribution is -2.43. The molecule has 3 rings (SSSR count). The number of benzene rings is 1. The Balaban J connectivity index is 2.16. The summed E-state index contributed by atoms with van der Waals surface area (Å²) in [5.74, 6) is -0.287. The Morgan fingerprint density at radius 2 is 2.05 bits per heavy atom. The van der Waals surface area contributed by atoms with Crippen LogP contribution in [0.15, 0.2) is 21.3 Å². The van der Waals surface area contributed by atoms with Crippen molar-refractivity contribution in [3.05, 3.63) is 28.2 Å². The minimum absolute atomic E-state index is 0.287. The highest BCUT2D eigenvalue weighted by atomic mass is 16.4. The van der Waals surface area contributed by atoms with Crippen molar-refractivity contribution in [2.24, 2.45) is 7.05 Å². The summed E-state index contributed by atoms with van der Waals surface area (Å²) in [7, 11) is 1.77. The molecule has 1 aromatic carbocycles. The van der Waals surface area contributed by atoms with Crippen molar-refractivity contribution >= 4 is 16.8 Å². The van der Waals surface area contributed by atoms with Crippen LogP contribution in [0.25, 0.3) is 11.1 Å². The molecule has 5 heteroatoms. The van der Waals surface area contributed by atoms with E-state index in [4.69, 9.17) is 4.42 Å². The normalized spacial score (nSPS) is 16.0. The Labute approximate surface area is 118 Å². The maximum absolute atomic E-state index is 11.8. The van der Waals surface area contributed by atoms with Crippen molar-refractivity contribution in [3.8, 4) is 0 Å². The number of nitrogens with one attached hydrogen (secondary N) is 1. The molecule has 1 aliphatic heterocycles. The topological polar surface area (TPSA) is 50.4 Å². The summed E-state index contributed by atoms with van der Waals surface area (Å²) in [4.78, 5) is 14.1. The van der Waals surface area contributed by atoms with Gasteiger partial charge in [-0.1, -0.05) is 13.3 Å². The van der Waals surface area contributed by atoms with E-state index < -0.39 is 0 Å². The van der Waals surface area contributed by atoms with Gasteiger partial charge in [0.25, 0.3) is 0 Å². The molecule has 2 heterocycles. The molecule has 0 aliphatic carbocycles. The Morgan fingerprint density at radius 1 is 1.30 bits per heavy atom. The van der Waals surface area contributed by atoms with Crippen molar-refractivity contribution in [1.82, 2.24) is 9.88 Å². The van der Waals surface area contributed by atoms with E-state index in [1.807, 2.05) is 0 Å². The van der Waals surface area contributed by atoms with Crippen LogP contribution in [0.1, 0.15) is 18.9 Å². The maximum Gasteiger partial charge on any atom is 0.419 e. The van der Waals surface area contributed by atoms with E-state index in [0.717, 1.165) is 55.8 Å². The summed E-state index contributed by atoms with van der Waals surface area (Å²) in [6, 6.07) is 4.26. The fraction of sp³-hybridized carbons (Fsp3) is 0.533. The molecule has 0 spiro atoms.